The van der Waals surface area contributed by atoms with Crippen LogP contribution >= 0.6 is 27.5 Å². The Morgan fingerprint density at radius 1 is 1.41 bits per heavy atom. The molecule has 92 valence electrons. The van der Waals surface area contributed by atoms with E-state index in [-0.39, 0.29) is 23.6 Å². The van der Waals surface area contributed by atoms with E-state index >= 15 is 0 Å². The first-order valence-corrected chi connectivity index (χ1v) is 5.73. The van der Waals surface area contributed by atoms with E-state index in [4.69, 9.17) is 16.7 Å². The van der Waals surface area contributed by atoms with Crippen LogP contribution in [-0.4, -0.2) is 17.0 Å². The third kappa shape index (κ3) is 4.32. The largest absolute Gasteiger partial charge is 0.481 e. The van der Waals surface area contributed by atoms with Crippen LogP contribution in [0, 0.1) is 5.82 Å². The van der Waals surface area contributed by atoms with Gasteiger partial charge in [-0.15, -0.1) is 0 Å². The Balaban J connectivity index is 2.75. The second kappa shape index (κ2) is 5.97. The molecule has 0 atom stereocenters. The Morgan fingerprint density at radius 2 is 2.06 bits per heavy atom. The number of benzene rings is 1. The Morgan fingerprint density at radius 3 is 2.59 bits per heavy atom. The molecule has 0 aromatic heterocycles. The maximum atomic E-state index is 12.9. The number of hydrogen-bond acceptors (Lipinski definition) is 2. The number of hydrogen-bond donors (Lipinski definition) is 2. The van der Waals surface area contributed by atoms with Crippen molar-refractivity contribution < 1.29 is 19.1 Å². The molecule has 1 rings (SSSR count). The van der Waals surface area contributed by atoms with Gasteiger partial charge in [0.1, 0.15) is 5.82 Å². The van der Waals surface area contributed by atoms with Crippen molar-refractivity contribution in [3.8, 4) is 0 Å². The minimum Gasteiger partial charge on any atom is -0.481 e. The van der Waals surface area contributed by atoms with Crippen LogP contribution < -0.4 is 5.32 Å². The van der Waals surface area contributed by atoms with Crippen LogP contribution in [0.2, 0.25) is 5.02 Å². The van der Waals surface area contributed by atoms with Gasteiger partial charge in [-0.2, -0.15) is 0 Å². The highest BCUT2D eigenvalue weighted by molar-refractivity contribution is 9.10. The molecule has 0 bridgehead atoms. The summed E-state index contributed by atoms with van der Waals surface area (Å²) in [7, 11) is 0. The summed E-state index contributed by atoms with van der Waals surface area (Å²) < 4.78 is 13.2. The molecular formula is C10H8BrClFNO3. The standard InChI is InChI=1S/C10H8BrClFNO3/c11-6-3-5(13)4-7(12)10(6)14-8(15)1-2-9(16)17/h3-4H,1-2H2,(H,14,15)(H,16,17). The van der Waals surface area contributed by atoms with Crippen molar-refractivity contribution in [3.05, 3.63) is 27.4 Å². The van der Waals surface area contributed by atoms with Crippen molar-refractivity contribution in [2.75, 3.05) is 5.32 Å². The number of carboxylic acids is 1. The SMILES string of the molecule is O=C(O)CCC(=O)Nc1c(Cl)cc(F)cc1Br. The van der Waals surface area contributed by atoms with Crippen LogP contribution in [0.25, 0.3) is 0 Å². The lowest BCUT2D eigenvalue weighted by Crippen LogP contribution is -2.14. The zero-order chi connectivity index (χ0) is 13.0. The van der Waals surface area contributed by atoms with Crippen LogP contribution in [0.1, 0.15) is 12.8 Å². The molecule has 17 heavy (non-hydrogen) atoms. The van der Waals surface area contributed by atoms with Crippen LogP contribution in [0.4, 0.5) is 10.1 Å². The van der Waals surface area contributed by atoms with E-state index in [1.54, 1.807) is 0 Å². The monoisotopic (exact) mass is 323 g/mol. The molecule has 1 aromatic rings. The van der Waals surface area contributed by atoms with Crippen LogP contribution in [0.5, 0.6) is 0 Å². The first-order chi connectivity index (χ1) is 7.90. The summed E-state index contributed by atoms with van der Waals surface area (Å²) in [6, 6.07) is 2.21. The molecular weight excluding hydrogens is 316 g/mol. The maximum absolute atomic E-state index is 12.9. The van der Waals surface area contributed by atoms with Crippen molar-refractivity contribution in [3.63, 3.8) is 0 Å². The van der Waals surface area contributed by atoms with Crippen LogP contribution in [0.15, 0.2) is 16.6 Å². The molecule has 0 aliphatic rings. The van der Waals surface area contributed by atoms with E-state index in [0.717, 1.165) is 12.1 Å². The number of aliphatic carboxylic acids is 1. The second-order valence-corrected chi connectivity index (χ2v) is 4.45. The second-order valence-electron chi connectivity index (χ2n) is 3.19. The number of rotatable bonds is 4. The third-order valence-electron chi connectivity index (χ3n) is 1.84. The molecule has 0 radical (unpaired) electrons. The zero-order valence-corrected chi connectivity index (χ0v) is 10.8. The molecule has 1 amide bonds. The fraction of sp³-hybridized carbons (Fsp3) is 0.200. The highest BCUT2D eigenvalue weighted by atomic mass is 79.9. The number of halogens is 3. The molecule has 0 aliphatic carbocycles. The normalized spacial score (nSPS) is 10.1. The highest BCUT2D eigenvalue weighted by Crippen LogP contribution is 2.31. The first-order valence-electron chi connectivity index (χ1n) is 4.56. The smallest absolute Gasteiger partial charge is 0.303 e. The summed E-state index contributed by atoms with van der Waals surface area (Å²) in [4.78, 5) is 21.6. The molecule has 0 saturated heterocycles. The van der Waals surface area contributed by atoms with Gasteiger partial charge in [-0.05, 0) is 28.1 Å². The van der Waals surface area contributed by atoms with Gasteiger partial charge in [-0.3, -0.25) is 9.59 Å². The Labute approximate surface area is 110 Å². The fourth-order valence-electron chi connectivity index (χ4n) is 1.08. The molecule has 0 unspecified atom stereocenters. The van der Waals surface area contributed by atoms with Gasteiger partial charge < -0.3 is 10.4 Å². The lowest BCUT2D eigenvalue weighted by molar-refractivity contribution is -0.138. The summed E-state index contributed by atoms with van der Waals surface area (Å²) in [5, 5.41) is 10.9. The van der Waals surface area contributed by atoms with Crippen LogP contribution in [0.3, 0.4) is 0 Å². The van der Waals surface area contributed by atoms with Crippen LogP contribution in [-0.2, 0) is 9.59 Å². The molecule has 7 heteroatoms. The summed E-state index contributed by atoms with van der Waals surface area (Å²) in [5.41, 5.74) is 0.225. The summed E-state index contributed by atoms with van der Waals surface area (Å²) >= 11 is 8.79. The Hall–Kier alpha value is -1.14. The number of carboxylic acid groups (broad SMARTS) is 1. The summed E-state index contributed by atoms with van der Waals surface area (Å²) in [6.45, 7) is 0. The van der Waals surface area contributed by atoms with Gasteiger partial charge in [0.2, 0.25) is 5.91 Å². The van der Waals surface area contributed by atoms with E-state index < -0.39 is 17.7 Å². The molecule has 0 aliphatic heterocycles. The quantitative estimate of drug-likeness (QED) is 0.894. The average molecular weight is 325 g/mol. The Kier molecular flexibility index (Phi) is 4.89. The maximum Gasteiger partial charge on any atom is 0.303 e. The molecule has 1 aromatic carbocycles. The summed E-state index contributed by atoms with van der Waals surface area (Å²) in [6.07, 6.45) is -0.447. The lowest BCUT2D eigenvalue weighted by atomic mass is 10.2. The number of amides is 1. The van der Waals surface area contributed by atoms with Crippen molar-refractivity contribution in [1.82, 2.24) is 0 Å². The zero-order valence-electron chi connectivity index (χ0n) is 8.47. The van der Waals surface area contributed by atoms with Gasteiger partial charge in [0.25, 0.3) is 0 Å². The number of carbonyl (C=O) groups excluding carboxylic acids is 1. The van der Waals surface area contributed by atoms with Gasteiger partial charge in [0, 0.05) is 10.9 Å². The summed E-state index contributed by atoms with van der Waals surface area (Å²) in [5.74, 6) is -2.10. The predicted octanol–water partition coefficient (Wildman–Crippen LogP) is 3.04. The van der Waals surface area contributed by atoms with Gasteiger partial charge in [-0.1, -0.05) is 11.6 Å². The molecule has 0 fully saturated rings. The molecule has 4 nitrogen and oxygen atoms in total. The molecule has 0 spiro atoms. The topological polar surface area (TPSA) is 66.4 Å². The van der Waals surface area contributed by atoms with Crippen molar-refractivity contribution >= 4 is 45.1 Å². The minimum absolute atomic E-state index is 0.0422. The van der Waals surface area contributed by atoms with E-state index in [2.05, 4.69) is 21.2 Å². The van der Waals surface area contributed by atoms with E-state index in [1.807, 2.05) is 0 Å². The highest BCUT2D eigenvalue weighted by Gasteiger charge is 2.12. The van der Waals surface area contributed by atoms with Gasteiger partial charge >= 0.3 is 5.97 Å². The van der Waals surface area contributed by atoms with Gasteiger partial charge in [0.15, 0.2) is 0 Å². The molecule has 0 saturated carbocycles. The number of anilines is 1. The average Bonchev–Trinajstić information content (AvgIpc) is 2.20. The Bertz CT molecular complexity index is 444. The van der Waals surface area contributed by atoms with Crippen molar-refractivity contribution in [2.24, 2.45) is 0 Å². The first kappa shape index (κ1) is 13.9. The van der Waals surface area contributed by atoms with E-state index in [0.29, 0.717) is 4.47 Å². The third-order valence-corrected chi connectivity index (χ3v) is 2.76. The minimum atomic E-state index is -1.07. The predicted molar refractivity (Wildman–Crippen MR) is 64.6 cm³/mol. The molecule has 2 N–H and O–H groups in total. The molecule has 0 heterocycles. The van der Waals surface area contributed by atoms with Gasteiger partial charge in [-0.25, -0.2) is 4.39 Å². The van der Waals surface area contributed by atoms with E-state index in [1.165, 1.54) is 0 Å². The lowest BCUT2D eigenvalue weighted by Gasteiger charge is -2.09. The van der Waals surface area contributed by atoms with Crippen molar-refractivity contribution in [2.45, 2.75) is 12.8 Å². The van der Waals surface area contributed by atoms with Gasteiger partial charge in [0.05, 0.1) is 17.1 Å². The van der Waals surface area contributed by atoms with Crippen molar-refractivity contribution in [1.29, 1.82) is 0 Å². The number of nitrogens with one attached hydrogen (secondary N) is 1. The fourth-order valence-corrected chi connectivity index (χ4v) is 1.98. The van der Waals surface area contributed by atoms with E-state index in [9.17, 15) is 14.0 Å². The number of carbonyl (C=O) groups is 2.